The first-order valence-electron chi connectivity index (χ1n) is 8.62. The van der Waals surface area contributed by atoms with Gasteiger partial charge < -0.3 is 10.1 Å². The lowest BCUT2D eigenvalue weighted by Crippen LogP contribution is -2.23. The van der Waals surface area contributed by atoms with Crippen LogP contribution in [0.15, 0.2) is 18.2 Å². The van der Waals surface area contributed by atoms with Crippen LogP contribution in [0.1, 0.15) is 69.0 Å². The Bertz CT molecular complexity index is 424. The predicted octanol–water partition coefficient (Wildman–Crippen LogP) is 5.01. The van der Waals surface area contributed by atoms with Crippen LogP contribution in [-0.2, 0) is 0 Å². The lowest BCUT2D eigenvalue weighted by atomic mass is 9.84. The van der Waals surface area contributed by atoms with Crippen molar-refractivity contribution in [3.05, 3.63) is 29.3 Å². The molecule has 0 aromatic heterocycles. The van der Waals surface area contributed by atoms with E-state index >= 15 is 0 Å². The van der Waals surface area contributed by atoms with E-state index in [1.54, 1.807) is 7.11 Å². The number of hydrogen-bond donors (Lipinski definition) is 1. The molecule has 2 nitrogen and oxygen atoms in total. The summed E-state index contributed by atoms with van der Waals surface area (Å²) in [6, 6.07) is 6.97. The first-order valence-corrected chi connectivity index (χ1v) is 8.62. The van der Waals surface area contributed by atoms with Gasteiger partial charge in [0.1, 0.15) is 5.75 Å². The molecule has 1 aromatic rings. The van der Waals surface area contributed by atoms with Gasteiger partial charge in [0.25, 0.3) is 0 Å². The van der Waals surface area contributed by atoms with Gasteiger partial charge in [-0.2, -0.15) is 0 Å². The van der Waals surface area contributed by atoms with E-state index in [0.717, 1.165) is 18.2 Å². The summed E-state index contributed by atoms with van der Waals surface area (Å²) >= 11 is 0. The number of aryl methyl sites for hydroxylation is 1. The van der Waals surface area contributed by atoms with Crippen LogP contribution >= 0.6 is 0 Å². The fraction of sp³-hybridized carbons (Fsp3) is 0.684. The van der Waals surface area contributed by atoms with Gasteiger partial charge in [-0.25, -0.2) is 0 Å². The summed E-state index contributed by atoms with van der Waals surface area (Å²) in [6.45, 7) is 5.43. The minimum Gasteiger partial charge on any atom is -0.497 e. The molecule has 1 fully saturated rings. The molecule has 0 spiro atoms. The lowest BCUT2D eigenvalue weighted by Gasteiger charge is -2.26. The van der Waals surface area contributed by atoms with Gasteiger partial charge in [-0.15, -0.1) is 0 Å². The molecule has 0 bridgehead atoms. The van der Waals surface area contributed by atoms with Gasteiger partial charge >= 0.3 is 0 Å². The minimum absolute atomic E-state index is 0.489. The SMILES string of the molecule is CCNC(CCC1CCCCC1)c1ccc(OC)cc1C. The Labute approximate surface area is 130 Å². The van der Waals surface area contributed by atoms with Crippen molar-refractivity contribution in [1.29, 1.82) is 0 Å². The molecule has 1 aliphatic carbocycles. The van der Waals surface area contributed by atoms with Crippen molar-refractivity contribution in [2.45, 2.75) is 64.8 Å². The molecule has 21 heavy (non-hydrogen) atoms. The lowest BCUT2D eigenvalue weighted by molar-refractivity contribution is 0.315. The molecular formula is C19H31NO. The molecule has 0 saturated heterocycles. The van der Waals surface area contributed by atoms with Gasteiger partial charge in [0.2, 0.25) is 0 Å². The topological polar surface area (TPSA) is 21.3 Å². The highest BCUT2D eigenvalue weighted by molar-refractivity contribution is 5.36. The molecule has 2 rings (SSSR count). The summed E-state index contributed by atoms with van der Waals surface area (Å²) in [4.78, 5) is 0. The molecule has 1 N–H and O–H groups in total. The highest BCUT2D eigenvalue weighted by Crippen LogP contribution is 2.32. The summed E-state index contributed by atoms with van der Waals surface area (Å²) in [6.07, 6.45) is 9.84. The van der Waals surface area contributed by atoms with Crippen molar-refractivity contribution < 1.29 is 4.74 Å². The van der Waals surface area contributed by atoms with Gasteiger partial charge in [0.05, 0.1) is 7.11 Å². The van der Waals surface area contributed by atoms with Crippen LogP contribution in [0, 0.1) is 12.8 Å². The third kappa shape index (κ3) is 4.74. The first kappa shape index (κ1) is 16.4. The summed E-state index contributed by atoms with van der Waals surface area (Å²) in [5, 5.41) is 3.68. The molecule has 1 atom stereocenters. The fourth-order valence-corrected chi connectivity index (χ4v) is 3.66. The Balaban J connectivity index is 2.00. The Morgan fingerprint density at radius 3 is 2.62 bits per heavy atom. The number of benzene rings is 1. The molecule has 0 heterocycles. The molecule has 2 heteroatoms. The van der Waals surface area contributed by atoms with Crippen LogP contribution in [-0.4, -0.2) is 13.7 Å². The Morgan fingerprint density at radius 2 is 2.00 bits per heavy atom. The molecule has 1 aromatic carbocycles. The Hall–Kier alpha value is -1.02. The van der Waals surface area contributed by atoms with E-state index in [1.165, 1.54) is 56.1 Å². The van der Waals surface area contributed by atoms with Crippen molar-refractivity contribution in [3.63, 3.8) is 0 Å². The maximum absolute atomic E-state index is 5.32. The molecule has 118 valence electrons. The second kappa shape index (κ2) is 8.43. The third-order valence-electron chi connectivity index (χ3n) is 4.89. The molecule has 0 radical (unpaired) electrons. The van der Waals surface area contributed by atoms with Crippen LogP contribution in [0.25, 0.3) is 0 Å². The second-order valence-corrected chi connectivity index (χ2v) is 6.41. The second-order valence-electron chi connectivity index (χ2n) is 6.41. The average Bonchev–Trinajstić information content (AvgIpc) is 2.52. The monoisotopic (exact) mass is 289 g/mol. The van der Waals surface area contributed by atoms with Gasteiger partial charge in [-0.3, -0.25) is 0 Å². The zero-order chi connectivity index (χ0) is 15.1. The molecule has 0 amide bonds. The van der Waals surface area contributed by atoms with Crippen LogP contribution in [0.3, 0.4) is 0 Å². The van der Waals surface area contributed by atoms with E-state index in [4.69, 9.17) is 4.74 Å². The standard InChI is InChI=1S/C19H31NO/c1-4-20-19(13-10-16-8-6-5-7-9-16)18-12-11-17(21-3)14-15(18)2/h11-12,14,16,19-20H,4-10,13H2,1-3H3. The minimum atomic E-state index is 0.489. The van der Waals surface area contributed by atoms with Gasteiger partial charge in [-0.05, 0) is 55.5 Å². The number of nitrogens with one attached hydrogen (secondary N) is 1. The normalized spacial score (nSPS) is 17.7. The van der Waals surface area contributed by atoms with Gasteiger partial charge in [0.15, 0.2) is 0 Å². The third-order valence-corrected chi connectivity index (χ3v) is 4.89. The number of ether oxygens (including phenoxy) is 1. The highest BCUT2D eigenvalue weighted by atomic mass is 16.5. The Kier molecular flexibility index (Phi) is 6.56. The van der Waals surface area contributed by atoms with E-state index in [0.29, 0.717) is 6.04 Å². The van der Waals surface area contributed by atoms with Crippen LogP contribution in [0.2, 0.25) is 0 Å². The number of methoxy groups -OCH3 is 1. The van der Waals surface area contributed by atoms with Gasteiger partial charge in [-0.1, -0.05) is 45.1 Å². The maximum Gasteiger partial charge on any atom is 0.119 e. The molecule has 1 aliphatic rings. The smallest absolute Gasteiger partial charge is 0.119 e. The van der Waals surface area contributed by atoms with Crippen molar-refractivity contribution in [2.75, 3.05) is 13.7 Å². The van der Waals surface area contributed by atoms with Crippen molar-refractivity contribution in [1.82, 2.24) is 5.32 Å². The van der Waals surface area contributed by atoms with Crippen LogP contribution in [0.4, 0.5) is 0 Å². The number of hydrogen-bond acceptors (Lipinski definition) is 2. The fourth-order valence-electron chi connectivity index (χ4n) is 3.66. The van der Waals surface area contributed by atoms with Crippen LogP contribution in [0.5, 0.6) is 5.75 Å². The van der Waals surface area contributed by atoms with E-state index in [-0.39, 0.29) is 0 Å². The first-order chi connectivity index (χ1) is 10.2. The summed E-state index contributed by atoms with van der Waals surface area (Å²) in [5.41, 5.74) is 2.78. The average molecular weight is 289 g/mol. The zero-order valence-corrected chi connectivity index (χ0v) is 14.0. The van der Waals surface area contributed by atoms with Crippen LogP contribution < -0.4 is 10.1 Å². The van der Waals surface area contributed by atoms with E-state index in [2.05, 4.69) is 37.4 Å². The van der Waals surface area contributed by atoms with Crippen molar-refractivity contribution in [3.8, 4) is 5.75 Å². The molecular weight excluding hydrogens is 258 g/mol. The zero-order valence-electron chi connectivity index (χ0n) is 14.0. The van der Waals surface area contributed by atoms with Gasteiger partial charge in [0, 0.05) is 6.04 Å². The molecule has 0 aliphatic heterocycles. The summed E-state index contributed by atoms with van der Waals surface area (Å²) < 4.78 is 5.32. The largest absolute Gasteiger partial charge is 0.497 e. The van der Waals surface area contributed by atoms with E-state index in [9.17, 15) is 0 Å². The van der Waals surface area contributed by atoms with E-state index in [1.807, 2.05) is 0 Å². The van der Waals surface area contributed by atoms with Crippen molar-refractivity contribution >= 4 is 0 Å². The summed E-state index contributed by atoms with van der Waals surface area (Å²) in [7, 11) is 1.74. The van der Waals surface area contributed by atoms with E-state index < -0.39 is 0 Å². The molecule has 1 unspecified atom stereocenters. The predicted molar refractivity (Wildman–Crippen MR) is 90.0 cm³/mol. The highest BCUT2D eigenvalue weighted by Gasteiger charge is 2.18. The number of rotatable bonds is 7. The molecule has 1 saturated carbocycles. The summed E-state index contributed by atoms with van der Waals surface area (Å²) in [5.74, 6) is 1.91. The quantitative estimate of drug-likeness (QED) is 0.761. The maximum atomic E-state index is 5.32. The Morgan fingerprint density at radius 1 is 1.24 bits per heavy atom. The van der Waals surface area contributed by atoms with Crippen molar-refractivity contribution in [2.24, 2.45) is 5.92 Å².